The van der Waals surface area contributed by atoms with Crippen LogP contribution in [-0.4, -0.2) is 30.6 Å². The Hall–Kier alpha value is -1.17. The molecule has 0 aliphatic heterocycles. The second kappa shape index (κ2) is 5.65. The predicted molar refractivity (Wildman–Crippen MR) is 66.1 cm³/mol. The molecule has 0 bridgehead atoms. The van der Waals surface area contributed by atoms with Crippen molar-refractivity contribution in [1.82, 2.24) is 4.90 Å². The van der Waals surface area contributed by atoms with E-state index in [1.54, 1.807) is 25.1 Å². The number of benzene rings is 1. The molecule has 1 amide bonds. The van der Waals surface area contributed by atoms with E-state index < -0.39 is 18.5 Å². The second-order valence-corrected chi connectivity index (χ2v) is 4.61. The number of carbonyl (C=O) groups excluding carboxylic acids is 1. The third kappa shape index (κ3) is 4.25. The van der Waals surface area contributed by atoms with E-state index in [9.17, 15) is 18.0 Å². The number of hydrogen-bond donors (Lipinski definition) is 1. The minimum Gasteiger partial charge on any atom is -0.341 e. The fourth-order valence-electron chi connectivity index (χ4n) is 1.44. The summed E-state index contributed by atoms with van der Waals surface area (Å²) >= 11 is 4.11. The number of nitrogens with zero attached hydrogens (tertiary/aromatic N) is 1. The summed E-state index contributed by atoms with van der Waals surface area (Å²) in [5.74, 6) is -0.423. The van der Waals surface area contributed by atoms with Crippen LogP contribution in [0.1, 0.15) is 22.3 Å². The molecular formula is C12H14F3NOS. The Morgan fingerprint density at radius 1 is 1.39 bits per heavy atom. The quantitative estimate of drug-likeness (QED) is 0.840. The first-order valence-corrected chi connectivity index (χ1v) is 5.77. The van der Waals surface area contributed by atoms with E-state index >= 15 is 0 Å². The van der Waals surface area contributed by atoms with E-state index in [-0.39, 0.29) is 6.54 Å². The Morgan fingerprint density at radius 3 is 2.56 bits per heavy atom. The van der Waals surface area contributed by atoms with Gasteiger partial charge in [0.05, 0.1) is 6.42 Å². The summed E-state index contributed by atoms with van der Waals surface area (Å²) in [6.45, 7) is 1.39. The zero-order valence-electron chi connectivity index (χ0n) is 10.1. The Kier molecular flexibility index (Phi) is 4.67. The van der Waals surface area contributed by atoms with Crippen molar-refractivity contribution in [2.24, 2.45) is 0 Å². The highest BCUT2D eigenvalue weighted by Crippen LogP contribution is 2.21. The molecule has 1 aromatic rings. The maximum atomic E-state index is 12.1. The van der Waals surface area contributed by atoms with E-state index in [4.69, 9.17) is 0 Å². The van der Waals surface area contributed by atoms with Crippen LogP contribution in [0.15, 0.2) is 23.1 Å². The van der Waals surface area contributed by atoms with Crippen LogP contribution in [0.2, 0.25) is 0 Å². The molecule has 100 valence electrons. The standard InChI is InChI=1S/C12H14F3NOS/c1-8-3-4-9(18)7-10(8)11(17)16(2)6-5-12(13,14)15/h3-4,7,18H,5-6H2,1-2H3. The molecule has 0 heterocycles. The Morgan fingerprint density at radius 2 is 2.00 bits per heavy atom. The van der Waals surface area contributed by atoms with Gasteiger partial charge in [-0.3, -0.25) is 4.79 Å². The Balaban J connectivity index is 2.77. The molecule has 0 unspecified atom stereocenters. The number of aryl methyl sites for hydroxylation is 1. The van der Waals surface area contributed by atoms with Gasteiger partial charge in [-0.05, 0) is 24.6 Å². The lowest BCUT2D eigenvalue weighted by Gasteiger charge is -2.19. The molecule has 0 atom stereocenters. The van der Waals surface area contributed by atoms with Crippen LogP contribution in [-0.2, 0) is 0 Å². The molecule has 0 aliphatic rings. The van der Waals surface area contributed by atoms with E-state index in [0.29, 0.717) is 10.5 Å². The van der Waals surface area contributed by atoms with Gasteiger partial charge in [0, 0.05) is 24.1 Å². The minimum absolute atomic E-state index is 0.349. The molecule has 0 saturated carbocycles. The lowest BCUT2D eigenvalue weighted by atomic mass is 10.1. The average molecular weight is 277 g/mol. The molecular weight excluding hydrogens is 263 g/mol. The maximum Gasteiger partial charge on any atom is 0.390 e. The van der Waals surface area contributed by atoms with Gasteiger partial charge in [0.2, 0.25) is 0 Å². The first kappa shape index (κ1) is 14.9. The van der Waals surface area contributed by atoms with Gasteiger partial charge in [-0.15, -0.1) is 12.6 Å². The van der Waals surface area contributed by atoms with Crippen molar-refractivity contribution in [3.63, 3.8) is 0 Å². The van der Waals surface area contributed by atoms with Gasteiger partial charge in [0.25, 0.3) is 5.91 Å². The number of rotatable bonds is 3. The first-order chi connectivity index (χ1) is 8.20. The van der Waals surface area contributed by atoms with E-state index in [2.05, 4.69) is 12.6 Å². The van der Waals surface area contributed by atoms with Gasteiger partial charge in [-0.2, -0.15) is 13.2 Å². The highest BCUT2D eigenvalue weighted by molar-refractivity contribution is 7.80. The molecule has 0 N–H and O–H groups in total. The topological polar surface area (TPSA) is 20.3 Å². The molecule has 1 rings (SSSR count). The number of thiol groups is 1. The van der Waals surface area contributed by atoms with Crippen molar-refractivity contribution in [3.8, 4) is 0 Å². The van der Waals surface area contributed by atoms with Crippen LogP contribution >= 0.6 is 12.6 Å². The third-order valence-corrected chi connectivity index (χ3v) is 2.81. The molecule has 0 spiro atoms. The molecule has 0 aromatic heterocycles. The summed E-state index contributed by atoms with van der Waals surface area (Å²) in [4.78, 5) is 13.6. The second-order valence-electron chi connectivity index (χ2n) is 4.09. The fraction of sp³-hybridized carbons (Fsp3) is 0.417. The largest absolute Gasteiger partial charge is 0.390 e. The van der Waals surface area contributed by atoms with Crippen LogP contribution in [0.25, 0.3) is 0 Å². The molecule has 0 aliphatic carbocycles. The van der Waals surface area contributed by atoms with Crippen molar-refractivity contribution in [3.05, 3.63) is 29.3 Å². The number of carbonyl (C=O) groups is 1. The molecule has 2 nitrogen and oxygen atoms in total. The van der Waals surface area contributed by atoms with Gasteiger partial charge in [-0.1, -0.05) is 6.07 Å². The van der Waals surface area contributed by atoms with Gasteiger partial charge in [0.1, 0.15) is 0 Å². The first-order valence-electron chi connectivity index (χ1n) is 5.32. The SMILES string of the molecule is Cc1ccc(S)cc1C(=O)N(C)CCC(F)(F)F. The van der Waals surface area contributed by atoms with Crippen molar-refractivity contribution in [1.29, 1.82) is 0 Å². The maximum absolute atomic E-state index is 12.1. The van der Waals surface area contributed by atoms with Crippen LogP contribution in [0, 0.1) is 6.92 Å². The summed E-state index contributed by atoms with van der Waals surface area (Å²) in [6.07, 6.45) is -5.26. The average Bonchev–Trinajstić information content (AvgIpc) is 2.27. The predicted octanol–water partition coefficient (Wildman–Crippen LogP) is 3.31. The van der Waals surface area contributed by atoms with Crippen LogP contribution in [0.3, 0.4) is 0 Å². The number of amides is 1. The van der Waals surface area contributed by atoms with E-state index in [1.165, 1.54) is 7.05 Å². The van der Waals surface area contributed by atoms with E-state index in [0.717, 1.165) is 10.5 Å². The highest BCUT2D eigenvalue weighted by Gasteiger charge is 2.28. The lowest BCUT2D eigenvalue weighted by molar-refractivity contribution is -0.136. The molecule has 1 aromatic carbocycles. The highest BCUT2D eigenvalue weighted by atomic mass is 32.1. The molecule has 6 heteroatoms. The van der Waals surface area contributed by atoms with Gasteiger partial charge < -0.3 is 4.90 Å². The van der Waals surface area contributed by atoms with Crippen LogP contribution in [0.5, 0.6) is 0 Å². The van der Waals surface area contributed by atoms with Crippen LogP contribution in [0.4, 0.5) is 13.2 Å². The summed E-state index contributed by atoms with van der Waals surface area (Å²) in [7, 11) is 1.36. The normalized spacial score (nSPS) is 11.4. The monoisotopic (exact) mass is 277 g/mol. The fourth-order valence-corrected chi connectivity index (χ4v) is 1.65. The number of hydrogen-bond acceptors (Lipinski definition) is 2. The Bertz CT molecular complexity index is 445. The van der Waals surface area contributed by atoms with Gasteiger partial charge in [-0.25, -0.2) is 0 Å². The van der Waals surface area contributed by atoms with E-state index in [1.807, 2.05) is 0 Å². The van der Waals surface area contributed by atoms with Crippen molar-refractivity contribution in [2.75, 3.05) is 13.6 Å². The number of alkyl halides is 3. The molecule has 0 saturated heterocycles. The lowest BCUT2D eigenvalue weighted by Crippen LogP contribution is -2.31. The summed E-state index contributed by atoms with van der Waals surface area (Å²) in [5, 5.41) is 0. The van der Waals surface area contributed by atoms with Crippen molar-refractivity contribution >= 4 is 18.5 Å². The third-order valence-electron chi connectivity index (χ3n) is 2.53. The smallest absolute Gasteiger partial charge is 0.341 e. The minimum atomic E-state index is -4.25. The Labute approximate surface area is 109 Å². The zero-order valence-corrected chi connectivity index (χ0v) is 11.0. The van der Waals surface area contributed by atoms with Gasteiger partial charge >= 0.3 is 6.18 Å². The summed E-state index contributed by atoms with van der Waals surface area (Å²) < 4.78 is 36.2. The van der Waals surface area contributed by atoms with Crippen molar-refractivity contribution in [2.45, 2.75) is 24.4 Å². The number of halogens is 3. The summed E-state index contributed by atoms with van der Waals surface area (Å²) in [6, 6.07) is 5.00. The molecule has 0 fully saturated rings. The van der Waals surface area contributed by atoms with Gasteiger partial charge in [0.15, 0.2) is 0 Å². The zero-order chi connectivity index (χ0) is 13.9. The van der Waals surface area contributed by atoms with Crippen molar-refractivity contribution < 1.29 is 18.0 Å². The molecule has 0 radical (unpaired) electrons. The summed E-state index contributed by atoms with van der Waals surface area (Å²) in [5.41, 5.74) is 1.10. The molecule has 18 heavy (non-hydrogen) atoms. The van der Waals surface area contributed by atoms with Crippen LogP contribution < -0.4 is 0 Å².